The van der Waals surface area contributed by atoms with Crippen molar-refractivity contribution in [3.63, 3.8) is 0 Å². The number of benzene rings is 1. The van der Waals surface area contributed by atoms with E-state index in [2.05, 4.69) is 15.3 Å². The predicted molar refractivity (Wildman–Crippen MR) is 96.9 cm³/mol. The molecular weight excluding hydrogens is 347 g/mol. The molecule has 134 valence electrons. The highest BCUT2D eigenvalue weighted by atomic mass is 32.2. The average molecular weight is 367 g/mol. The largest absolute Gasteiger partial charge is 0.398 e. The number of aliphatic imine (C=N–C) groups is 1. The summed E-state index contributed by atoms with van der Waals surface area (Å²) in [4.78, 5) is 9.43. The van der Waals surface area contributed by atoms with Crippen LogP contribution in [0.3, 0.4) is 0 Å². The molecule has 0 atom stereocenters. The first-order valence-corrected chi connectivity index (χ1v) is 8.68. The second-order valence-electron chi connectivity index (χ2n) is 5.71. The molecule has 1 N–H and O–H groups in total. The number of thioether (sulfide) groups is 1. The molecule has 0 saturated heterocycles. The van der Waals surface area contributed by atoms with Crippen molar-refractivity contribution in [3.05, 3.63) is 52.8 Å². The molecule has 25 heavy (non-hydrogen) atoms. The Balaban J connectivity index is 2.37. The third kappa shape index (κ3) is 5.49. The number of hydrogen-bond donors (Lipinski definition) is 1. The number of halogens is 3. The number of nitrogens with one attached hydrogen (secondary N) is 1. The monoisotopic (exact) mass is 367 g/mol. The van der Waals surface area contributed by atoms with E-state index < -0.39 is 11.9 Å². The number of nitrogens with zero attached hydrogens (tertiary/aromatic N) is 2. The molecule has 1 heterocycles. The Hall–Kier alpha value is -2.02. The Morgan fingerprint density at radius 2 is 1.88 bits per heavy atom. The van der Waals surface area contributed by atoms with Crippen LogP contribution < -0.4 is 5.32 Å². The van der Waals surface area contributed by atoms with Crippen LogP contribution in [-0.2, 0) is 0 Å². The molecule has 7 heteroatoms. The van der Waals surface area contributed by atoms with Gasteiger partial charge in [0.15, 0.2) is 0 Å². The van der Waals surface area contributed by atoms with E-state index in [0.717, 1.165) is 34.1 Å². The minimum atomic E-state index is -4.20. The van der Waals surface area contributed by atoms with E-state index in [4.69, 9.17) is 0 Å². The standard InChI is InChI=1S/C18H20F3N3S/c1-11-7-12(2)16(25-10-18(19,20)21)8-15(11)24-17(22-4)14-6-5-13(3)23-9-14/h5-9H,10H2,1-4H3,(H,22,24). The van der Waals surface area contributed by atoms with Crippen molar-refractivity contribution in [3.8, 4) is 0 Å². The lowest BCUT2D eigenvalue weighted by molar-refractivity contribution is -0.105. The molecule has 1 aromatic heterocycles. The Kier molecular flexibility index (Phi) is 6.11. The average Bonchev–Trinajstić information content (AvgIpc) is 2.53. The number of aryl methyl sites for hydroxylation is 3. The van der Waals surface area contributed by atoms with Crippen LogP contribution in [0, 0.1) is 20.8 Å². The molecular formula is C18H20F3N3S. The van der Waals surface area contributed by atoms with Gasteiger partial charge in [-0.3, -0.25) is 4.98 Å². The van der Waals surface area contributed by atoms with Gasteiger partial charge in [-0.25, -0.2) is 4.99 Å². The van der Waals surface area contributed by atoms with E-state index in [1.54, 1.807) is 19.3 Å². The van der Waals surface area contributed by atoms with Crippen LogP contribution in [0.2, 0.25) is 0 Å². The van der Waals surface area contributed by atoms with Gasteiger partial charge in [0.1, 0.15) is 5.84 Å². The van der Waals surface area contributed by atoms with E-state index in [-0.39, 0.29) is 0 Å². The van der Waals surface area contributed by atoms with Gasteiger partial charge < -0.3 is 5.32 Å². The van der Waals surface area contributed by atoms with Gasteiger partial charge in [0.25, 0.3) is 0 Å². The second kappa shape index (κ2) is 7.91. The normalized spacial score (nSPS) is 12.4. The van der Waals surface area contributed by atoms with Crippen LogP contribution in [0.4, 0.5) is 18.9 Å². The van der Waals surface area contributed by atoms with Crippen LogP contribution in [0.5, 0.6) is 0 Å². The molecule has 0 aliphatic heterocycles. The van der Waals surface area contributed by atoms with Gasteiger partial charge in [0.2, 0.25) is 0 Å². The topological polar surface area (TPSA) is 37.3 Å². The number of alkyl halides is 3. The first-order chi connectivity index (χ1) is 11.7. The Bertz CT molecular complexity index is 768. The summed E-state index contributed by atoms with van der Waals surface area (Å²) >= 11 is 0.782. The fourth-order valence-corrected chi connectivity index (χ4v) is 3.05. The smallest absolute Gasteiger partial charge is 0.373 e. The van der Waals surface area contributed by atoms with Gasteiger partial charge in [-0.1, -0.05) is 6.07 Å². The molecule has 0 aliphatic carbocycles. The summed E-state index contributed by atoms with van der Waals surface area (Å²) in [7, 11) is 1.75. The summed E-state index contributed by atoms with van der Waals surface area (Å²) < 4.78 is 37.5. The SMILES string of the molecule is CN/C(=N\c1cc(SCC(F)(F)F)c(C)cc1C)c1ccc(C)nc1. The zero-order chi connectivity index (χ0) is 18.6. The summed E-state index contributed by atoms with van der Waals surface area (Å²) in [6, 6.07) is 7.35. The molecule has 2 rings (SSSR count). The summed E-state index contributed by atoms with van der Waals surface area (Å²) in [6.07, 6.45) is -2.48. The summed E-state index contributed by atoms with van der Waals surface area (Å²) in [6.45, 7) is 5.60. The van der Waals surface area contributed by atoms with Crippen molar-refractivity contribution in [1.29, 1.82) is 0 Å². The van der Waals surface area contributed by atoms with E-state index in [0.29, 0.717) is 16.4 Å². The molecule has 0 aliphatic rings. The predicted octanol–water partition coefficient (Wildman–Crippen LogP) is 4.96. The number of amidine groups is 1. The van der Waals surface area contributed by atoms with Gasteiger partial charge >= 0.3 is 6.18 Å². The van der Waals surface area contributed by atoms with Gasteiger partial charge in [-0.05, 0) is 50.1 Å². The van der Waals surface area contributed by atoms with Gasteiger partial charge in [-0.2, -0.15) is 13.2 Å². The zero-order valence-corrected chi connectivity index (χ0v) is 15.3. The zero-order valence-electron chi connectivity index (χ0n) is 14.5. The van der Waals surface area contributed by atoms with Crippen LogP contribution in [0.25, 0.3) is 0 Å². The van der Waals surface area contributed by atoms with E-state index in [9.17, 15) is 13.2 Å². The summed E-state index contributed by atoms with van der Waals surface area (Å²) in [5.41, 5.74) is 4.07. The Labute approximate surface area is 149 Å². The lowest BCUT2D eigenvalue weighted by Gasteiger charge is -2.12. The fraction of sp³-hybridized carbons (Fsp3) is 0.333. The third-order valence-corrected chi connectivity index (χ3v) is 4.76. The lowest BCUT2D eigenvalue weighted by Crippen LogP contribution is -2.19. The van der Waals surface area contributed by atoms with Crippen LogP contribution in [-0.4, -0.2) is 29.8 Å². The highest BCUT2D eigenvalue weighted by Crippen LogP contribution is 2.33. The van der Waals surface area contributed by atoms with Crippen LogP contribution in [0.1, 0.15) is 22.4 Å². The second-order valence-corrected chi connectivity index (χ2v) is 6.72. The highest BCUT2D eigenvalue weighted by Gasteiger charge is 2.27. The van der Waals surface area contributed by atoms with Gasteiger partial charge in [0.05, 0.1) is 11.4 Å². The van der Waals surface area contributed by atoms with Gasteiger partial charge in [-0.15, -0.1) is 11.8 Å². The Morgan fingerprint density at radius 1 is 1.16 bits per heavy atom. The van der Waals surface area contributed by atoms with E-state index in [1.165, 1.54) is 0 Å². The number of pyridine rings is 1. The fourth-order valence-electron chi connectivity index (χ4n) is 2.25. The molecule has 0 fully saturated rings. The van der Waals surface area contributed by atoms with Crippen molar-refractivity contribution in [2.45, 2.75) is 31.8 Å². The first kappa shape index (κ1) is 19.3. The molecule has 0 radical (unpaired) electrons. The van der Waals surface area contributed by atoms with Crippen LogP contribution in [0.15, 0.2) is 40.4 Å². The molecule has 0 bridgehead atoms. The molecule has 0 amide bonds. The number of aromatic nitrogens is 1. The van der Waals surface area contributed by atoms with E-state index >= 15 is 0 Å². The van der Waals surface area contributed by atoms with Crippen molar-refractivity contribution in [1.82, 2.24) is 10.3 Å². The van der Waals surface area contributed by atoms with Crippen molar-refractivity contribution >= 4 is 23.3 Å². The minimum absolute atomic E-state index is 0.583. The summed E-state index contributed by atoms with van der Waals surface area (Å²) in [5, 5.41) is 3.03. The molecule has 0 unspecified atom stereocenters. The molecule has 3 nitrogen and oxygen atoms in total. The molecule has 2 aromatic rings. The molecule has 0 saturated carbocycles. The lowest BCUT2D eigenvalue weighted by atomic mass is 10.1. The third-order valence-electron chi connectivity index (χ3n) is 3.54. The minimum Gasteiger partial charge on any atom is -0.373 e. The highest BCUT2D eigenvalue weighted by molar-refractivity contribution is 7.99. The molecule has 1 aromatic carbocycles. The quantitative estimate of drug-likeness (QED) is 0.471. The van der Waals surface area contributed by atoms with Crippen molar-refractivity contribution < 1.29 is 13.2 Å². The van der Waals surface area contributed by atoms with Crippen LogP contribution >= 0.6 is 11.8 Å². The number of rotatable bonds is 4. The van der Waals surface area contributed by atoms with Crippen molar-refractivity contribution in [2.24, 2.45) is 4.99 Å². The maximum Gasteiger partial charge on any atom is 0.398 e. The molecule has 0 spiro atoms. The number of hydrogen-bond acceptors (Lipinski definition) is 3. The summed E-state index contributed by atoms with van der Waals surface area (Å²) in [5.74, 6) is -0.299. The van der Waals surface area contributed by atoms with Crippen molar-refractivity contribution in [2.75, 3.05) is 12.8 Å². The maximum atomic E-state index is 12.5. The van der Waals surface area contributed by atoms with Gasteiger partial charge in [0, 0.05) is 29.4 Å². The Morgan fingerprint density at radius 3 is 2.44 bits per heavy atom. The maximum absolute atomic E-state index is 12.5. The van der Waals surface area contributed by atoms with E-state index in [1.807, 2.05) is 39.0 Å². The first-order valence-electron chi connectivity index (χ1n) is 7.70.